The Balaban J connectivity index is 4.24. The second-order valence-corrected chi connectivity index (χ2v) is 22.1. The maximum atomic E-state index is 13.0. The van der Waals surface area contributed by atoms with Crippen LogP contribution in [0.25, 0.3) is 0 Å². The predicted molar refractivity (Wildman–Crippen MR) is 288 cm³/mol. The number of carbonyl (C=O) groups is 1. The number of quaternary nitrogens is 1. The quantitative estimate of drug-likeness (QED) is 0.0272. The number of carbonyl (C=O) groups excluding carboxylic acids is 1. The van der Waals surface area contributed by atoms with Crippen LogP contribution in [0.3, 0.4) is 0 Å². The summed E-state index contributed by atoms with van der Waals surface area (Å²) in [5.74, 6) is -0.200. The minimum atomic E-state index is -4.60. The molecular weight excluding hydrogens is 852 g/mol. The first kappa shape index (κ1) is 65.5. The van der Waals surface area contributed by atoms with E-state index in [4.69, 9.17) is 9.05 Å². The number of aliphatic hydroxyl groups is 1. The molecule has 0 spiro atoms. The molecule has 3 unspecified atom stereocenters. The summed E-state index contributed by atoms with van der Waals surface area (Å²) < 4.78 is 23.3. The number of hydrogen-bond donors (Lipinski definition) is 2. The number of rotatable bonds is 52. The first-order valence-electron chi connectivity index (χ1n) is 28.5. The van der Waals surface area contributed by atoms with Gasteiger partial charge in [-0.1, -0.05) is 249 Å². The van der Waals surface area contributed by atoms with Gasteiger partial charge in [0.05, 0.1) is 39.9 Å². The van der Waals surface area contributed by atoms with E-state index in [9.17, 15) is 19.4 Å². The van der Waals surface area contributed by atoms with Gasteiger partial charge in [0.25, 0.3) is 7.82 Å². The molecule has 0 aliphatic carbocycles. The molecule has 0 rings (SSSR count). The summed E-state index contributed by atoms with van der Waals surface area (Å²) in [5, 5.41) is 13.9. The fourth-order valence-corrected chi connectivity index (χ4v) is 9.00. The zero-order valence-corrected chi connectivity index (χ0v) is 45.7. The molecule has 394 valence electrons. The van der Waals surface area contributed by atoms with E-state index in [1.54, 1.807) is 6.08 Å². The maximum Gasteiger partial charge on any atom is 0.268 e. The highest BCUT2D eigenvalue weighted by Crippen LogP contribution is 2.38. The van der Waals surface area contributed by atoms with Crippen LogP contribution in [0.4, 0.5) is 0 Å². The molecule has 0 saturated heterocycles. The van der Waals surface area contributed by atoms with Gasteiger partial charge in [0, 0.05) is 6.42 Å². The number of amides is 1. The Bertz CT molecular complexity index is 1230. The van der Waals surface area contributed by atoms with Crippen LogP contribution in [-0.2, 0) is 18.4 Å². The SMILES string of the molecule is CCCCCCC/C=C\C/C=C\C/C=C\CCCCCCCCCCCCC(=O)NC(COP(=O)([O-])OCC[N+](C)(C)C)C(O)/C=C/CCCCCCCCCCCCCCCCCCCC. The monoisotopic (exact) mass is 963 g/mol. The third-order valence-electron chi connectivity index (χ3n) is 12.8. The van der Waals surface area contributed by atoms with E-state index in [0.717, 1.165) is 51.4 Å². The van der Waals surface area contributed by atoms with Crippen LogP contribution in [0.1, 0.15) is 264 Å². The Labute approximate surface area is 416 Å². The van der Waals surface area contributed by atoms with Crippen molar-refractivity contribution in [3.05, 3.63) is 48.6 Å². The van der Waals surface area contributed by atoms with Crippen LogP contribution in [0.15, 0.2) is 48.6 Å². The molecule has 0 heterocycles. The largest absolute Gasteiger partial charge is 0.756 e. The Kier molecular flexibility index (Phi) is 48.3. The Morgan fingerprint density at radius 3 is 1.25 bits per heavy atom. The molecule has 2 N–H and O–H groups in total. The Morgan fingerprint density at radius 2 is 0.866 bits per heavy atom. The fraction of sp³-hybridized carbons (Fsp3) is 0.845. The molecule has 0 aromatic carbocycles. The zero-order chi connectivity index (χ0) is 49.2. The molecule has 0 saturated carbocycles. The molecule has 0 radical (unpaired) electrons. The molecule has 0 aliphatic heterocycles. The number of phosphoric ester groups is 1. The summed E-state index contributed by atoms with van der Waals surface area (Å²) in [6, 6.07) is -0.890. The molecule has 9 heteroatoms. The molecule has 67 heavy (non-hydrogen) atoms. The third-order valence-corrected chi connectivity index (χ3v) is 13.7. The number of unbranched alkanes of at least 4 members (excludes halogenated alkanes) is 33. The van der Waals surface area contributed by atoms with Crippen LogP contribution < -0.4 is 10.2 Å². The van der Waals surface area contributed by atoms with Crippen molar-refractivity contribution in [3.63, 3.8) is 0 Å². The molecule has 1 amide bonds. The molecular formula is C58H111N2O6P. The van der Waals surface area contributed by atoms with Crippen molar-refractivity contribution in [2.24, 2.45) is 0 Å². The van der Waals surface area contributed by atoms with Crippen molar-refractivity contribution in [1.29, 1.82) is 0 Å². The van der Waals surface area contributed by atoms with Crippen LogP contribution in [0, 0.1) is 0 Å². The predicted octanol–water partition coefficient (Wildman–Crippen LogP) is 16.5. The zero-order valence-electron chi connectivity index (χ0n) is 44.9. The highest BCUT2D eigenvalue weighted by atomic mass is 31.2. The van der Waals surface area contributed by atoms with Gasteiger partial charge in [-0.25, -0.2) is 0 Å². The summed E-state index contributed by atoms with van der Waals surface area (Å²) in [6.45, 7) is 4.66. The Hall–Kier alpha value is -1.54. The van der Waals surface area contributed by atoms with Crippen LogP contribution in [0.5, 0.6) is 0 Å². The summed E-state index contributed by atoms with van der Waals surface area (Å²) in [4.78, 5) is 25.5. The first-order valence-corrected chi connectivity index (χ1v) is 30.0. The lowest BCUT2D eigenvalue weighted by atomic mass is 10.0. The molecule has 0 bridgehead atoms. The highest BCUT2D eigenvalue weighted by Gasteiger charge is 2.23. The van der Waals surface area contributed by atoms with Crippen LogP contribution in [0.2, 0.25) is 0 Å². The van der Waals surface area contributed by atoms with E-state index in [-0.39, 0.29) is 19.1 Å². The summed E-state index contributed by atoms with van der Waals surface area (Å²) >= 11 is 0. The first-order chi connectivity index (χ1) is 32.5. The van der Waals surface area contributed by atoms with Gasteiger partial charge in [-0.3, -0.25) is 9.36 Å². The third kappa shape index (κ3) is 52.1. The van der Waals surface area contributed by atoms with Gasteiger partial charge < -0.3 is 28.8 Å². The van der Waals surface area contributed by atoms with Gasteiger partial charge in [-0.15, -0.1) is 0 Å². The number of nitrogens with one attached hydrogen (secondary N) is 1. The number of aliphatic hydroxyl groups excluding tert-OH is 1. The van der Waals surface area contributed by atoms with E-state index in [1.165, 1.54) is 193 Å². The number of hydrogen-bond acceptors (Lipinski definition) is 6. The number of nitrogens with zero attached hydrogens (tertiary/aromatic N) is 1. The lowest BCUT2D eigenvalue weighted by molar-refractivity contribution is -0.870. The molecule has 0 fully saturated rings. The normalized spacial score (nSPS) is 14.3. The van der Waals surface area contributed by atoms with Gasteiger partial charge in [-0.2, -0.15) is 0 Å². The standard InChI is InChI=1S/C58H111N2O6P/c1-6-8-10-12-14-16-18-20-22-24-26-28-29-30-31-32-34-36-38-40-42-44-46-48-50-52-58(62)59-56(55-66-67(63,64)65-54-53-60(3,4)5)57(61)51-49-47-45-43-41-39-37-35-33-27-25-23-21-19-17-15-13-11-9-7-2/h18,20,24,26,29-30,49,51,56-57,61H,6-17,19,21-23,25,27-28,31-48,50,52-55H2,1-5H3,(H-,59,62,63,64)/b20-18-,26-24-,30-29-,51-49+. The molecule has 0 aromatic rings. The summed E-state index contributed by atoms with van der Waals surface area (Å²) in [5.41, 5.74) is 0. The van der Waals surface area contributed by atoms with Crippen LogP contribution in [-0.4, -0.2) is 68.5 Å². The molecule has 0 aliphatic rings. The van der Waals surface area contributed by atoms with Crippen molar-refractivity contribution in [2.45, 2.75) is 276 Å². The number of allylic oxidation sites excluding steroid dienone is 7. The summed E-state index contributed by atoms with van der Waals surface area (Å²) in [7, 11) is 1.26. The van der Waals surface area contributed by atoms with Crippen molar-refractivity contribution >= 4 is 13.7 Å². The minimum absolute atomic E-state index is 0.00243. The molecule has 0 aromatic heterocycles. The van der Waals surface area contributed by atoms with Crippen molar-refractivity contribution in [3.8, 4) is 0 Å². The smallest absolute Gasteiger partial charge is 0.268 e. The minimum Gasteiger partial charge on any atom is -0.756 e. The summed E-state index contributed by atoms with van der Waals surface area (Å²) in [6.07, 6.45) is 64.6. The number of likely N-dealkylation sites (N-methyl/N-ethyl adjacent to an activating group) is 1. The second-order valence-electron chi connectivity index (χ2n) is 20.6. The van der Waals surface area contributed by atoms with E-state index in [1.807, 2.05) is 27.2 Å². The van der Waals surface area contributed by atoms with E-state index in [2.05, 4.69) is 55.6 Å². The molecule has 3 atom stereocenters. The topological polar surface area (TPSA) is 108 Å². The van der Waals surface area contributed by atoms with E-state index < -0.39 is 20.0 Å². The molecule has 8 nitrogen and oxygen atoms in total. The fourth-order valence-electron chi connectivity index (χ4n) is 8.28. The average molecular weight is 964 g/mol. The van der Waals surface area contributed by atoms with Gasteiger partial charge in [0.2, 0.25) is 5.91 Å². The van der Waals surface area contributed by atoms with Gasteiger partial charge >= 0.3 is 0 Å². The average Bonchev–Trinajstić information content (AvgIpc) is 3.29. The van der Waals surface area contributed by atoms with Gasteiger partial charge in [-0.05, 0) is 57.8 Å². The maximum absolute atomic E-state index is 13.0. The van der Waals surface area contributed by atoms with Gasteiger partial charge in [0.15, 0.2) is 0 Å². The lowest BCUT2D eigenvalue weighted by Gasteiger charge is -2.29. The van der Waals surface area contributed by atoms with Crippen LogP contribution >= 0.6 is 7.82 Å². The van der Waals surface area contributed by atoms with Crippen molar-refractivity contribution in [1.82, 2.24) is 5.32 Å². The van der Waals surface area contributed by atoms with E-state index in [0.29, 0.717) is 17.4 Å². The second kappa shape index (κ2) is 49.4. The highest BCUT2D eigenvalue weighted by molar-refractivity contribution is 7.45. The number of phosphoric acid groups is 1. The lowest BCUT2D eigenvalue weighted by Crippen LogP contribution is -2.45. The van der Waals surface area contributed by atoms with Gasteiger partial charge in [0.1, 0.15) is 13.2 Å². The van der Waals surface area contributed by atoms with E-state index >= 15 is 0 Å². The van der Waals surface area contributed by atoms with Crippen molar-refractivity contribution < 1.29 is 32.9 Å². The van der Waals surface area contributed by atoms with Crippen molar-refractivity contribution in [2.75, 3.05) is 40.9 Å². The Morgan fingerprint density at radius 1 is 0.522 bits per heavy atom.